The molecule has 0 spiro atoms. The molecule has 1 aromatic rings. The fraction of sp³-hybridized carbons (Fsp3) is 0.364. The van der Waals surface area contributed by atoms with E-state index in [1.54, 1.807) is 0 Å². The number of rotatable bonds is 0. The van der Waals surface area contributed by atoms with E-state index in [4.69, 9.17) is 0 Å². The van der Waals surface area contributed by atoms with E-state index in [0.29, 0.717) is 12.2 Å². The first-order chi connectivity index (χ1) is 6.11. The molecule has 68 valence electrons. The van der Waals surface area contributed by atoms with E-state index in [0.717, 1.165) is 22.0 Å². The van der Waals surface area contributed by atoms with Gasteiger partial charge in [-0.05, 0) is 43.0 Å². The van der Waals surface area contributed by atoms with E-state index in [2.05, 4.69) is 28.9 Å². The van der Waals surface area contributed by atoms with Crippen LogP contribution in [0.15, 0.2) is 10.5 Å². The van der Waals surface area contributed by atoms with Crippen LogP contribution in [0.25, 0.3) is 0 Å². The van der Waals surface area contributed by atoms with Crippen LogP contribution in [0.1, 0.15) is 33.5 Å². The molecule has 0 aliphatic heterocycles. The molecule has 0 N–H and O–H groups in total. The van der Waals surface area contributed by atoms with Gasteiger partial charge < -0.3 is 0 Å². The van der Waals surface area contributed by atoms with Crippen molar-refractivity contribution in [2.24, 2.45) is 0 Å². The van der Waals surface area contributed by atoms with Crippen molar-refractivity contribution in [2.45, 2.75) is 26.7 Å². The minimum absolute atomic E-state index is 0.303. The molecule has 0 unspecified atom stereocenters. The highest BCUT2D eigenvalue weighted by molar-refractivity contribution is 9.10. The number of benzene rings is 1. The average molecular weight is 239 g/mol. The van der Waals surface area contributed by atoms with Crippen molar-refractivity contribution in [3.8, 4) is 0 Å². The van der Waals surface area contributed by atoms with Gasteiger partial charge in [0.2, 0.25) is 0 Å². The summed E-state index contributed by atoms with van der Waals surface area (Å²) in [5, 5.41) is 0. The Kier molecular flexibility index (Phi) is 2.03. The molecule has 0 heterocycles. The molecule has 1 aliphatic carbocycles. The number of hydrogen-bond acceptors (Lipinski definition) is 1. The quantitative estimate of drug-likeness (QED) is 0.679. The maximum atomic E-state index is 11.6. The normalized spacial score (nSPS) is 14.8. The Labute approximate surface area is 86.3 Å². The molecule has 2 rings (SSSR count). The van der Waals surface area contributed by atoms with Crippen LogP contribution < -0.4 is 0 Å². The number of hydrogen-bond donors (Lipinski definition) is 0. The number of ketones is 1. The highest BCUT2D eigenvalue weighted by Crippen LogP contribution is 2.32. The van der Waals surface area contributed by atoms with Crippen molar-refractivity contribution in [3.05, 3.63) is 32.8 Å². The SMILES string of the molecule is Cc1cc(Br)c(C)c2c1CCC2=O. The third kappa shape index (κ3) is 1.24. The predicted molar refractivity (Wildman–Crippen MR) is 56.3 cm³/mol. The van der Waals surface area contributed by atoms with Crippen LogP contribution in [0, 0.1) is 13.8 Å². The topological polar surface area (TPSA) is 17.1 Å². The number of carbonyl (C=O) groups excluding carboxylic acids is 1. The smallest absolute Gasteiger partial charge is 0.163 e. The van der Waals surface area contributed by atoms with E-state index < -0.39 is 0 Å². The van der Waals surface area contributed by atoms with Crippen LogP contribution in [0.4, 0.5) is 0 Å². The summed E-state index contributed by atoms with van der Waals surface area (Å²) in [6.07, 6.45) is 1.61. The molecular weight excluding hydrogens is 228 g/mol. The average Bonchev–Trinajstić information content (AvgIpc) is 2.44. The molecule has 1 nitrogen and oxygen atoms in total. The molecular formula is C11H11BrO. The zero-order valence-electron chi connectivity index (χ0n) is 7.78. The van der Waals surface area contributed by atoms with E-state index in [1.807, 2.05) is 6.92 Å². The van der Waals surface area contributed by atoms with Gasteiger partial charge >= 0.3 is 0 Å². The summed E-state index contributed by atoms with van der Waals surface area (Å²) in [6, 6.07) is 2.10. The maximum Gasteiger partial charge on any atom is 0.163 e. The van der Waals surface area contributed by atoms with Crippen molar-refractivity contribution >= 4 is 21.7 Å². The monoisotopic (exact) mass is 238 g/mol. The molecule has 0 atom stereocenters. The fourth-order valence-corrected chi connectivity index (χ4v) is 2.53. The van der Waals surface area contributed by atoms with E-state index in [9.17, 15) is 4.79 Å². The van der Waals surface area contributed by atoms with E-state index in [1.165, 1.54) is 11.1 Å². The molecule has 0 fully saturated rings. The molecule has 1 aliphatic rings. The van der Waals surface area contributed by atoms with Gasteiger partial charge in [-0.25, -0.2) is 0 Å². The van der Waals surface area contributed by atoms with Crippen molar-refractivity contribution in [3.63, 3.8) is 0 Å². The second-order valence-electron chi connectivity index (χ2n) is 3.58. The lowest BCUT2D eigenvalue weighted by atomic mass is 10.00. The Morgan fingerprint density at radius 2 is 2.00 bits per heavy atom. The largest absolute Gasteiger partial charge is 0.294 e. The van der Waals surface area contributed by atoms with Gasteiger partial charge in [0.1, 0.15) is 0 Å². The fourth-order valence-electron chi connectivity index (χ4n) is 1.99. The number of Topliss-reactive ketones (excluding diaryl/α,β-unsaturated/α-hetero) is 1. The Bertz CT molecular complexity index is 394. The van der Waals surface area contributed by atoms with Gasteiger partial charge in [0.05, 0.1) is 0 Å². The van der Waals surface area contributed by atoms with Crippen molar-refractivity contribution < 1.29 is 4.79 Å². The number of carbonyl (C=O) groups is 1. The maximum absolute atomic E-state index is 11.6. The van der Waals surface area contributed by atoms with E-state index in [-0.39, 0.29) is 0 Å². The molecule has 0 aromatic heterocycles. The molecule has 13 heavy (non-hydrogen) atoms. The summed E-state index contributed by atoms with van der Waals surface area (Å²) in [7, 11) is 0. The summed E-state index contributed by atoms with van der Waals surface area (Å²) >= 11 is 3.47. The standard InChI is InChI=1S/C11H11BrO/c1-6-5-9(12)7(2)11-8(6)3-4-10(11)13/h5H,3-4H2,1-2H3. The van der Waals surface area contributed by atoms with Crippen LogP contribution >= 0.6 is 15.9 Å². The summed E-state index contributed by atoms with van der Waals surface area (Å²) in [5.41, 5.74) is 4.55. The van der Waals surface area contributed by atoms with Crippen molar-refractivity contribution in [1.29, 1.82) is 0 Å². The van der Waals surface area contributed by atoms with Crippen molar-refractivity contribution in [2.75, 3.05) is 0 Å². The van der Waals surface area contributed by atoms with Crippen molar-refractivity contribution in [1.82, 2.24) is 0 Å². The Hall–Kier alpha value is -0.630. The third-order valence-corrected chi connectivity index (χ3v) is 3.56. The Morgan fingerprint density at radius 1 is 1.31 bits per heavy atom. The minimum Gasteiger partial charge on any atom is -0.294 e. The second-order valence-corrected chi connectivity index (χ2v) is 4.43. The van der Waals surface area contributed by atoms with E-state index >= 15 is 0 Å². The van der Waals surface area contributed by atoms with Gasteiger partial charge in [0, 0.05) is 16.5 Å². The highest BCUT2D eigenvalue weighted by Gasteiger charge is 2.24. The van der Waals surface area contributed by atoms with Gasteiger partial charge in [-0.3, -0.25) is 4.79 Å². The molecule has 1 aromatic carbocycles. The molecule has 0 amide bonds. The second kappa shape index (κ2) is 2.95. The number of fused-ring (bicyclic) bond motifs is 1. The molecule has 0 saturated heterocycles. The predicted octanol–water partition coefficient (Wildman–Crippen LogP) is 3.19. The lowest BCUT2D eigenvalue weighted by Gasteiger charge is -2.08. The van der Waals surface area contributed by atoms with Crippen LogP contribution in [0.5, 0.6) is 0 Å². The van der Waals surface area contributed by atoms with Gasteiger partial charge in [-0.1, -0.05) is 15.9 Å². The van der Waals surface area contributed by atoms with Gasteiger partial charge in [-0.2, -0.15) is 0 Å². The molecule has 2 heteroatoms. The lowest BCUT2D eigenvalue weighted by molar-refractivity contribution is 0.0994. The molecule has 0 radical (unpaired) electrons. The van der Waals surface area contributed by atoms with Crippen LogP contribution in [-0.4, -0.2) is 5.78 Å². The number of aryl methyl sites for hydroxylation is 1. The van der Waals surface area contributed by atoms with Crippen LogP contribution in [-0.2, 0) is 6.42 Å². The highest BCUT2D eigenvalue weighted by atomic mass is 79.9. The summed E-state index contributed by atoms with van der Waals surface area (Å²) < 4.78 is 1.05. The zero-order valence-corrected chi connectivity index (χ0v) is 9.36. The molecule has 0 saturated carbocycles. The Balaban J connectivity index is 2.77. The summed E-state index contributed by atoms with van der Waals surface area (Å²) in [4.78, 5) is 11.6. The van der Waals surface area contributed by atoms with Gasteiger partial charge in [-0.15, -0.1) is 0 Å². The minimum atomic E-state index is 0.303. The lowest BCUT2D eigenvalue weighted by Crippen LogP contribution is -1.97. The third-order valence-electron chi connectivity index (χ3n) is 2.74. The molecule has 0 bridgehead atoms. The van der Waals surface area contributed by atoms with Gasteiger partial charge in [0.15, 0.2) is 5.78 Å². The first-order valence-corrected chi connectivity index (χ1v) is 5.22. The zero-order chi connectivity index (χ0) is 9.59. The van der Waals surface area contributed by atoms with Gasteiger partial charge in [0.25, 0.3) is 0 Å². The summed E-state index contributed by atoms with van der Waals surface area (Å²) in [5.74, 6) is 0.303. The first-order valence-electron chi connectivity index (χ1n) is 4.43. The Morgan fingerprint density at radius 3 is 2.69 bits per heavy atom. The van der Waals surface area contributed by atoms with Crippen LogP contribution in [0.3, 0.4) is 0 Å². The van der Waals surface area contributed by atoms with Crippen LogP contribution in [0.2, 0.25) is 0 Å². The first kappa shape index (κ1) is 8.95. The summed E-state index contributed by atoms with van der Waals surface area (Å²) in [6.45, 7) is 4.08. The number of halogens is 1.